The number of ether oxygens (including phenoxy) is 2. The number of carbonyl (C=O) groups excluding carboxylic acids is 1. The molecule has 0 atom stereocenters. The van der Waals surface area contributed by atoms with Crippen LogP contribution in [0, 0.1) is 6.92 Å². The topological polar surface area (TPSA) is 93.7 Å². The van der Waals surface area contributed by atoms with Crippen molar-refractivity contribution in [1.82, 2.24) is 5.32 Å². The molecule has 168 valence electrons. The maximum atomic E-state index is 12.7. The Hall–Kier alpha value is -3.52. The molecule has 0 radical (unpaired) electrons. The van der Waals surface area contributed by atoms with Gasteiger partial charge < -0.3 is 14.8 Å². The Morgan fingerprint density at radius 1 is 0.938 bits per heavy atom. The molecular formula is C24H26N2O5S. The minimum Gasteiger partial charge on any atom is -0.497 e. The molecule has 0 saturated carbocycles. The molecule has 3 aromatic rings. The molecule has 0 heterocycles. The summed E-state index contributed by atoms with van der Waals surface area (Å²) >= 11 is 0. The molecule has 8 heteroatoms. The Kier molecular flexibility index (Phi) is 7.37. The maximum absolute atomic E-state index is 12.7. The van der Waals surface area contributed by atoms with Crippen LogP contribution in [0.2, 0.25) is 0 Å². The standard InChI is InChI=1S/C24H26N2O5S/c1-17-7-10-20(11-8-17)26-32(28,29)22-6-4-5-19(15-22)24(27)25-14-13-18-9-12-21(30-2)16-23(18)31-3/h4-12,15-16,26H,13-14H2,1-3H3,(H,25,27). The van der Waals surface area contributed by atoms with E-state index >= 15 is 0 Å². The predicted octanol–water partition coefficient (Wildman–Crippen LogP) is 3.79. The fourth-order valence-electron chi connectivity index (χ4n) is 3.11. The van der Waals surface area contributed by atoms with Gasteiger partial charge in [-0.3, -0.25) is 9.52 Å². The van der Waals surface area contributed by atoms with Gasteiger partial charge in [0.1, 0.15) is 11.5 Å². The van der Waals surface area contributed by atoms with E-state index in [0.29, 0.717) is 30.2 Å². The molecule has 32 heavy (non-hydrogen) atoms. The van der Waals surface area contributed by atoms with Crippen molar-refractivity contribution >= 4 is 21.6 Å². The average Bonchev–Trinajstić information content (AvgIpc) is 2.80. The molecule has 3 rings (SSSR count). The maximum Gasteiger partial charge on any atom is 0.261 e. The number of sulfonamides is 1. The van der Waals surface area contributed by atoms with Gasteiger partial charge in [-0.25, -0.2) is 8.42 Å². The van der Waals surface area contributed by atoms with Crippen LogP contribution in [0.4, 0.5) is 5.69 Å². The van der Waals surface area contributed by atoms with Gasteiger partial charge in [-0.1, -0.05) is 29.8 Å². The van der Waals surface area contributed by atoms with Gasteiger partial charge in [0.25, 0.3) is 15.9 Å². The lowest BCUT2D eigenvalue weighted by molar-refractivity contribution is 0.0954. The van der Waals surface area contributed by atoms with Crippen molar-refractivity contribution in [2.75, 3.05) is 25.5 Å². The third-order valence-corrected chi connectivity index (χ3v) is 6.26. The Morgan fingerprint density at radius 2 is 1.69 bits per heavy atom. The van der Waals surface area contributed by atoms with Crippen molar-refractivity contribution < 1.29 is 22.7 Å². The molecule has 3 aromatic carbocycles. The summed E-state index contributed by atoms with van der Waals surface area (Å²) in [6.45, 7) is 2.28. The van der Waals surface area contributed by atoms with Gasteiger partial charge in [-0.15, -0.1) is 0 Å². The molecule has 0 unspecified atom stereocenters. The van der Waals surface area contributed by atoms with E-state index in [0.717, 1.165) is 11.1 Å². The van der Waals surface area contributed by atoms with Gasteiger partial charge in [0.15, 0.2) is 0 Å². The van der Waals surface area contributed by atoms with E-state index in [-0.39, 0.29) is 16.4 Å². The SMILES string of the molecule is COc1ccc(CCNC(=O)c2cccc(S(=O)(=O)Nc3ccc(C)cc3)c2)c(OC)c1. The summed E-state index contributed by atoms with van der Waals surface area (Å²) in [6.07, 6.45) is 0.547. The van der Waals surface area contributed by atoms with Crippen LogP contribution in [0.5, 0.6) is 11.5 Å². The number of aryl methyl sites for hydroxylation is 1. The van der Waals surface area contributed by atoms with Crippen LogP contribution in [0.1, 0.15) is 21.5 Å². The number of methoxy groups -OCH3 is 2. The van der Waals surface area contributed by atoms with Crippen LogP contribution in [-0.2, 0) is 16.4 Å². The van der Waals surface area contributed by atoms with Gasteiger partial charge >= 0.3 is 0 Å². The number of nitrogens with one attached hydrogen (secondary N) is 2. The summed E-state index contributed by atoms with van der Waals surface area (Å²) in [5.74, 6) is 1.01. The van der Waals surface area contributed by atoms with Crippen LogP contribution in [0.3, 0.4) is 0 Å². The zero-order valence-electron chi connectivity index (χ0n) is 18.2. The van der Waals surface area contributed by atoms with Gasteiger partial charge in [0.2, 0.25) is 0 Å². The molecule has 0 fully saturated rings. The number of hydrogen-bond donors (Lipinski definition) is 2. The van der Waals surface area contributed by atoms with Crippen LogP contribution in [0.15, 0.2) is 71.6 Å². The first-order chi connectivity index (χ1) is 15.3. The molecule has 0 spiro atoms. The lowest BCUT2D eigenvalue weighted by atomic mass is 10.1. The van der Waals surface area contributed by atoms with E-state index in [1.54, 1.807) is 44.6 Å². The summed E-state index contributed by atoms with van der Waals surface area (Å²) in [7, 11) is -0.660. The highest BCUT2D eigenvalue weighted by molar-refractivity contribution is 7.92. The molecule has 0 saturated heterocycles. The average molecular weight is 455 g/mol. The number of anilines is 1. The number of hydrogen-bond acceptors (Lipinski definition) is 5. The van der Waals surface area contributed by atoms with E-state index in [9.17, 15) is 13.2 Å². The summed E-state index contributed by atoms with van der Waals surface area (Å²) in [6, 6.07) is 18.5. The molecule has 0 aromatic heterocycles. The first-order valence-corrected chi connectivity index (χ1v) is 11.5. The Balaban J connectivity index is 1.65. The van der Waals surface area contributed by atoms with E-state index in [1.807, 2.05) is 31.2 Å². The monoisotopic (exact) mass is 454 g/mol. The van der Waals surface area contributed by atoms with E-state index in [1.165, 1.54) is 12.1 Å². The van der Waals surface area contributed by atoms with E-state index in [4.69, 9.17) is 9.47 Å². The molecule has 0 aliphatic carbocycles. The minimum absolute atomic E-state index is 0.0162. The Labute approximate surface area is 188 Å². The second-order valence-electron chi connectivity index (χ2n) is 7.18. The minimum atomic E-state index is -3.82. The second-order valence-corrected chi connectivity index (χ2v) is 8.87. The summed E-state index contributed by atoms with van der Waals surface area (Å²) < 4.78 is 38.5. The van der Waals surface area contributed by atoms with Crippen molar-refractivity contribution in [2.24, 2.45) is 0 Å². The molecule has 2 N–H and O–H groups in total. The van der Waals surface area contributed by atoms with Crippen molar-refractivity contribution in [3.8, 4) is 11.5 Å². The predicted molar refractivity (Wildman–Crippen MR) is 124 cm³/mol. The van der Waals surface area contributed by atoms with Gasteiger partial charge in [-0.2, -0.15) is 0 Å². The van der Waals surface area contributed by atoms with Crippen molar-refractivity contribution in [3.63, 3.8) is 0 Å². The molecule has 0 bridgehead atoms. The number of rotatable bonds is 9. The van der Waals surface area contributed by atoms with Gasteiger partial charge in [0, 0.05) is 23.9 Å². The van der Waals surface area contributed by atoms with Crippen LogP contribution >= 0.6 is 0 Å². The molecule has 0 aliphatic heterocycles. The molecule has 7 nitrogen and oxygen atoms in total. The lowest BCUT2D eigenvalue weighted by Gasteiger charge is -2.12. The highest BCUT2D eigenvalue weighted by Crippen LogP contribution is 2.24. The van der Waals surface area contributed by atoms with Crippen LogP contribution in [-0.4, -0.2) is 35.1 Å². The van der Waals surface area contributed by atoms with Gasteiger partial charge in [-0.05, 0) is 55.3 Å². The van der Waals surface area contributed by atoms with Crippen molar-refractivity contribution in [2.45, 2.75) is 18.2 Å². The number of carbonyl (C=O) groups is 1. The van der Waals surface area contributed by atoms with Crippen molar-refractivity contribution in [1.29, 1.82) is 0 Å². The molecule has 0 aliphatic rings. The number of amides is 1. The fourth-order valence-corrected chi connectivity index (χ4v) is 4.22. The molecular weight excluding hydrogens is 428 g/mol. The second kappa shape index (κ2) is 10.2. The zero-order valence-corrected chi connectivity index (χ0v) is 19.0. The van der Waals surface area contributed by atoms with Crippen LogP contribution in [0.25, 0.3) is 0 Å². The summed E-state index contributed by atoms with van der Waals surface area (Å²) in [4.78, 5) is 12.6. The third kappa shape index (κ3) is 5.79. The molecule has 1 amide bonds. The van der Waals surface area contributed by atoms with Crippen molar-refractivity contribution in [3.05, 3.63) is 83.4 Å². The highest BCUT2D eigenvalue weighted by atomic mass is 32.2. The first kappa shape index (κ1) is 23.1. The summed E-state index contributed by atoms with van der Waals surface area (Å²) in [5.41, 5.74) is 2.67. The van der Waals surface area contributed by atoms with E-state index in [2.05, 4.69) is 10.0 Å². The van der Waals surface area contributed by atoms with Gasteiger partial charge in [0.05, 0.1) is 19.1 Å². The largest absolute Gasteiger partial charge is 0.497 e. The summed E-state index contributed by atoms with van der Waals surface area (Å²) in [5, 5.41) is 2.82. The fraction of sp³-hybridized carbons (Fsp3) is 0.208. The third-order valence-electron chi connectivity index (χ3n) is 4.88. The smallest absolute Gasteiger partial charge is 0.261 e. The number of benzene rings is 3. The zero-order chi connectivity index (χ0) is 23.1. The van der Waals surface area contributed by atoms with E-state index < -0.39 is 10.0 Å². The Morgan fingerprint density at radius 3 is 2.38 bits per heavy atom. The Bertz CT molecular complexity index is 1190. The first-order valence-electron chi connectivity index (χ1n) is 10.0. The quantitative estimate of drug-likeness (QED) is 0.513. The lowest BCUT2D eigenvalue weighted by Crippen LogP contribution is -2.26. The normalized spacial score (nSPS) is 11.0. The highest BCUT2D eigenvalue weighted by Gasteiger charge is 2.16. The van der Waals surface area contributed by atoms with Crippen LogP contribution < -0.4 is 19.5 Å².